The van der Waals surface area contributed by atoms with Crippen LogP contribution in [0.2, 0.25) is 0 Å². The molecule has 1 rings (SSSR count). The number of methoxy groups -OCH3 is 1. The maximum atomic E-state index is 12.1. The predicted molar refractivity (Wildman–Crippen MR) is 86.6 cm³/mol. The summed E-state index contributed by atoms with van der Waals surface area (Å²) in [6.45, 7) is 2.25. The molecule has 8 heteroatoms. The van der Waals surface area contributed by atoms with Crippen molar-refractivity contribution in [2.45, 2.75) is 17.9 Å². The van der Waals surface area contributed by atoms with Gasteiger partial charge in [0.1, 0.15) is 6.04 Å². The third-order valence-corrected chi connectivity index (χ3v) is 3.91. The molecule has 0 heterocycles. The first-order valence-electron chi connectivity index (χ1n) is 6.96. The number of nitrogens with one attached hydrogen (secondary N) is 2. The van der Waals surface area contributed by atoms with Crippen LogP contribution in [0.25, 0.3) is 0 Å². The number of rotatable bonds is 9. The van der Waals surface area contributed by atoms with Gasteiger partial charge in [-0.05, 0) is 19.1 Å². The van der Waals surface area contributed by atoms with E-state index in [1.807, 2.05) is 0 Å². The number of carboxylic acids is 1. The second-order valence-electron chi connectivity index (χ2n) is 4.66. The van der Waals surface area contributed by atoms with Crippen LogP contribution in [0, 0.1) is 0 Å². The summed E-state index contributed by atoms with van der Waals surface area (Å²) in [6, 6.07) is 5.76. The topological polar surface area (TPSA) is 105 Å². The van der Waals surface area contributed by atoms with E-state index in [4.69, 9.17) is 9.84 Å². The predicted octanol–water partition coefficient (Wildman–Crippen LogP) is 0.744. The molecule has 0 bridgehead atoms. The van der Waals surface area contributed by atoms with Crippen LogP contribution in [-0.4, -0.2) is 54.9 Å². The molecule has 0 aromatic heterocycles. The molecule has 0 saturated carbocycles. The summed E-state index contributed by atoms with van der Waals surface area (Å²) in [4.78, 5) is 35.2. The Bertz CT molecular complexity index is 565. The Balaban J connectivity index is 2.65. The maximum absolute atomic E-state index is 12.1. The second kappa shape index (κ2) is 9.86. The Morgan fingerprint density at radius 1 is 1.30 bits per heavy atom. The number of carboxylic acid groups (broad SMARTS) is 1. The molecule has 7 nitrogen and oxygen atoms in total. The molecule has 0 aliphatic rings. The van der Waals surface area contributed by atoms with Crippen molar-refractivity contribution < 1.29 is 24.2 Å². The second-order valence-corrected chi connectivity index (χ2v) is 5.68. The van der Waals surface area contributed by atoms with E-state index < -0.39 is 17.9 Å². The van der Waals surface area contributed by atoms with Crippen molar-refractivity contribution in [3.05, 3.63) is 29.8 Å². The van der Waals surface area contributed by atoms with Crippen LogP contribution in [-0.2, 0) is 14.3 Å². The van der Waals surface area contributed by atoms with Gasteiger partial charge in [-0.2, -0.15) is 0 Å². The molecule has 0 radical (unpaired) electrons. The van der Waals surface area contributed by atoms with Gasteiger partial charge in [-0.25, -0.2) is 0 Å². The third-order valence-electron chi connectivity index (χ3n) is 2.84. The van der Waals surface area contributed by atoms with Crippen molar-refractivity contribution in [2.75, 3.05) is 26.0 Å². The number of hydrogen-bond acceptors (Lipinski definition) is 5. The lowest BCUT2D eigenvalue weighted by Crippen LogP contribution is -2.38. The van der Waals surface area contributed by atoms with Crippen LogP contribution in [0.4, 0.5) is 0 Å². The largest absolute Gasteiger partial charge is 0.480 e. The molecule has 2 amide bonds. The Labute approximate surface area is 138 Å². The lowest BCUT2D eigenvalue weighted by molar-refractivity contribution is -0.138. The van der Waals surface area contributed by atoms with Crippen molar-refractivity contribution in [2.24, 2.45) is 0 Å². The summed E-state index contributed by atoms with van der Waals surface area (Å²) in [5.74, 6) is -1.60. The van der Waals surface area contributed by atoms with Gasteiger partial charge >= 0.3 is 5.97 Å². The zero-order valence-electron chi connectivity index (χ0n) is 13.0. The Kier molecular flexibility index (Phi) is 8.14. The van der Waals surface area contributed by atoms with Crippen LogP contribution < -0.4 is 10.6 Å². The van der Waals surface area contributed by atoms with Gasteiger partial charge in [-0.1, -0.05) is 12.1 Å². The molecule has 0 saturated heterocycles. The summed E-state index contributed by atoms with van der Waals surface area (Å²) in [6.07, 6.45) is 0. The van der Waals surface area contributed by atoms with E-state index in [1.54, 1.807) is 31.4 Å². The van der Waals surface area contributed by atoms with E-state index in [0.717, 1.165) is 0 Å². The highest BCUT2D eigenvalue weighted by Crippen LogP contribution is 2.22. The van der Waals surface area contributed by atoms with Crippen molar-refractivity contribution in [1.82, 2.24) is 10.6 Å². The first-order valence-corrected chi connectivity index (χ1v) is 7.95. The maximum Gasteiger partial charge on any atom is 0.325 e. The number of thioether (sulfide) groups is 1. The standard InChI is InChI=1S/C15H20N2O5S/c1-10(15(20)21)17-14(19)11-5-3-4-6-12(11)23-9-13(18)16-7-8-22-2/h3-6,10H,7-9H2,1-2H3,(H,16,18)(H,17,19)(H,20,21)/t10-/m1/s1. The van der Waals surface area contributed by atoms with Crippen LogP contribution >= 0.6 is 11.8 Å². The highest BCUT2D eigenvalue weighted by atomic mass is 32.2. The fraction of sp³-hybridized carbons (Fsp3) is 0.400. The molecule has 0 unspecified atom stereocenters. The number of amides is 2. The first kappa shape index (κ1) is 19.0. The van der Waals surface area contributed by atoms with Gasteiger partial charge in [0.25, 0.3) is 5.91 Å². The molecule has 3 N–H and O–H groups in total. The Morgan fingerprint density at radius 3 is 2.65 bits per heavy atom. The molecule has 126 valence electrons. The van der Waals surface area contributed by atoms with Crippen molar-refractivity contribution in [3.63, 3.8) is 0 Å². The van der Waals surface area contributed by atoms with Gasteiger partial charge < -0.3 is 20.5 Å². The van der Waals surface area contributed by atoms with Gasteiger partial charge in [-0.3, -0.25) is 14.4 Å². The summed E-state index contributed by atoms with van der Waals surface area (Å²) < 4.78 is 4.84. The molecule has 0 aliphatic carbocycles. The molecular weight excluding hydrogens is 320 g/mol. The van der Waals surface area contributed by atoms with Crippen molar-refractivity contribution >= 4 is 29.5 Å². The van der Waals surface area contributed by atoms with E-state index in [1.165, 1.54) is 18.7 Å². The van der Waals surface area contributed by atoms with Gasteiger partial charge in [0.2, 0.25) is 5.91 Å². The third kappa shape index (κ3) is 6.70. The van der Waals surface area contributed by atoms with Crippen molar-refractivity contribution in [3.8, 4) is 0 Å². The van der Waals surface area contributed by atoms with E-state index in [9.17, 15) is 14.4 Å². The fourth-order valence-electron chi connectivity index (χ4n) is 1.60. The minimum absolute atomic E-state index is 0.155. The average molecular weight is 340 g/mol. The summed E-state index contributed by atoms with van der Waals surface area (Å²) >= 11 is 1.22. The normalized spacial score (nSPS) is 11.6. The summed E-state index contributed by atoms with van der Waals surface area (Å²) in [5, 5.41) is 13.9. The van der Waals surface area contributed by atoms with Crippen LogP contribution in [0.3, 0.4) is 0 Å². The minimum atomic E-state index is -1.11. The number of aliphatic carboxylic acids is 1. The van der Waals surface area contributed by atoms with Gasteiger partial charge in [0.05, 0.1) is 17.9 Å². The Hall–Kier alpha value is -2.06. The molecular formula is C15H20N2O5S. The van der Waals surface area contributed by atoms with Crippen LogP contribution in [0.15, 0.2) is 29.2 Å². The van der Waals surface area contributed by atoms with Gasteiger partial charge in [0.15, 0.2) is 0 Å². The lowest BCUT2D eigenvalue weighted by Gasteiger charge is -2.12. The van der Waals surface area contributed by atoms with Gasteiger partial charge in [-0.15, -0.1) is 11.8 Å². The number of ether oxygens (including phenoxy) is 1. The quantitative estimate of drug-likeness (QED) is 0.452. The molecule has 0 spiro atoms. The molecule has 1 aromatic carbocycles. The molecule has 0 fully saturated rings. The van der Waals surface area contributed by atoms with Crippen LogP contribution in [0.5, 0.6) is 0 Å². The number of hydrogen-bond donors (Lipinski definition) is 3. The minimum Gasteiger partial charge on any atom is -0.480 e. The Morgan fingerprint density at radius 2 is 2.00 bits per heavy atom. The monoisotopic (exact) mass is 340 g/mol. The molecule has 1 aromatic rings. The molecule has 1 atom stereocenters. The lowest BCUT2D eigenvalue weighted by atomic mass is 10.2. The van der Waals surface area contributed by atoms with E-state index >= 15 is 0 Å². The zero-order valence-corrected chi connectivity index (χ0v) is 13.8. The highest BCUT2D eigenvalue weighted by molar-refractivity contribution is 8.00. The highest BCUT2D eigenvalue weighted by Gasteiger charge is 2.18. The number of benzene rings is 1. The average Bonchev–Trinajstić information content (AvgIpc) is 2.53. The van der Waals surface area contributed by atoms with Crippen LogP contribution in [0.1, 0.15) is 17.3 Å². The smallest absolute Gasteiger partial charge is 0.325 e. The molecule has 0 aliphatic heterocycles. The summed E-state index contributed by atoms with van der Waals surface area (Å²) in [5.41, 5.74) is 0.343. The van der Waals surface area contributed by atoms with E-state index in [0.29, 0.717) is 23.6 Å². The summed E-state index contributed by atoms with van der Waals surface area (Å²) in [7, 11) is 1.55. The van der Waals surface area contributed by atoms with Crippen molar-refractivity contribution in [1.29, 1.82) is 0 Å². The van der Waals surface area contributed by atoms with Gasteiger partial charge in [0, 0.05) is 18.6 Å². The fourth-order valence-corrected chi connectivity index (χ4v) is 2.48. The number of carbonyl (C=O) groups is 3. The molecule has 23 heavy (non-hydrogen) atoms. The number of carbonyl (C=O) groups excluding carboxylic acids is 2. The first-order chi connectivity index (χ1) is 11.0. The van der Waals surface area contributed by atoms with E-state index in [2.05, 4.69) is 10.6 Å². The zero-order chi connectivity index (χ0) is 17.2. The van der Waals surface area contributed by atoms with E-state index in [-0.39, 0.29) is 11.7 Å². The SMILES string of the molecule is COCCNC(=O)CSc1ccccc1C(=O)N[C@H](C)C(=O)O.